The van der Waals surface area contributed by atoms with Gasteiger partial charge in [-0.25, -0.2) is 0 Å². The normalized spacial score (nSPS) is 10.1. The molecule has 1 N–H and O–H groups in total. The molecule has 1 aromatic carbocycles. The van der Waals surface area contributed by atoms with Crippen molar-refractivity contribution >= 4 is 5.91 Å². The van der Waals surface area contributed by atoms with E-state index in [1.165, 1.54) is 0 Å². The highest BCUT2D eigenvalue weighted by molar-refractivity contribution is 5.77. The fraction of sp³-hybridized carbons (Fsp3) is 0.500. The predicted molar refractivity (Wildman–Crippen MR) is 70.8 cm³/mol. The molecule has 1 aromatic rings. The maximum absolute atomic E-state index is 11.5. The molecule has 0 spiro atoms. The van der Waals surface area contributed by atoms with E-state index in [9.17, 15) is 4.79 Å². The first kappa shape index (κ1) is 14.5. The summed E-state index contributed by atoms with van der Waals surface area (Å²) in [6.45, 7) is 3.39. The fourth-order valence-electron chi connectivity index (χ4n) is 1.58. The summed E-state index contributed by atoms with van der Waals surface area (Å²) in [6.07, 6.45) is 1.71. The van der Waals surface area contributed by atoms with Gasteiger partial charge in [-0.1, -0.05) is 25.1 Å². The molecule has 0 atom stereocenters. The SMILES string of the molecule is CCc1ccccc1OCC(=O)NCCCOC. The molecule has 100 valence electrons. The van der Waals surface area contributed by atoms with Gasteiger partial charge in [-0.2, -0.15) is 0 Å². The number of amides is 1. The van der Waals surface area contributed by atoms with Crippen molar-refractivity contribution in [1.29, 1.82) is 0 Å². The van der Waals surface area contributed by atoms with Crippen LogP contribution in [0.5, 0.6) is 5.75 Å². The summed E-state index contributed by atoms with van der Waals surface area (Å²) in [5.74, 6) is 0.684. The van der Waals surface area contributed by atoms with Gasteiger partial charge in [-0.3, -0.25) is 4.79 Å². The van der Waals surface area contributed by atoms with Crippen molar-refractivity contribution in [2.45, 2.75) is 19.8 Å². The van der Waals surface area contributed by atoms with Gasteiger partial charge in [0.25, 0.3) is 5.91 Å². The summed E-state index contributed by atoms with van der Waals surface area (Å²) >= 11 is 0. The van der Waals surface area contributed by atoms with Crippen LogP contribution in [0, 0.1) is 0 Å². The first-order valence-corrected chi connectivity index (χ1v) is 6.24. The van der Waals surface area contributed by atoms with Gasteiger partial charge < -0.3 is 14.8 Å². The molecule has 0 aliphatic heterocycles. The van der Waals surface area contributed by atoms with Gasteiger partial charge in [0.15, 0.2) is 6.61 Å². The lowest BCUT2D eigenvalue weighted by atomic mass is 10.1. The van der Waals surface area contributed by atoms with Crippen LogP contribution in [-0.4, -0.2) is 32.8 Å². The first-order valence-electron chi connectivity index (χ1n) is 6.24. The summed E-state index contributed by atoms with van der Waals surface area (Å²) < 4.78 is 10.4. The Morgan fingerprint density at radius 1 is 1.33 bits per heavy atom. The monoisotopic (exact) mass is 251 g/mol. The largest absolute Gasteiger partial charge is 0.483 e. The lowest BCUT2D eigenvalue weighted by Crippen LogP contribution is -2.30. The number of methoxy groups -OCH3 is 1. The second-order valence-corrected chi connectivity index (χ2v) is 3.95. The number of aryl methyl sites for hydroxylation is 1. The summed E-state index contributed by atoms with van der Waals surface area (Å²) in [4.78, 5) is 11.5. The zero-order chi connectivity index (χ0) is 13.2. The third kappa shape index (κ3) is 5.19. The van der Waals surface area contributed by atoms with Crippen LogP contribution in [0.3, 0.4) is 0 Å². The van der Waals surface area contributed by atoms with Crippen LogP contribution in [0.4, 0.5) is 0 Å². The highest BCUT2D eigenvalue weighted by Gasteiger charge is 2.04. The molecule has 1 amide bonds. The number of ether oxygens (including phenoxy) is 2. The number of carbonyl (C=O) groups is 1. The number of carbonyl (C=O) groups excluding carboxylic acids is 1. The smallest absolute Gasteiger partial charge is 0.257 e. The number of hydrogen-bond acceptors (Lipinski definition) is 3. The van der Waals surface area contributed by atoms with E-state index in [1.807, 2.05) is 24.3 Å². The lowest BCUT2D eigenvalue weighted by Gasteiger charge is -2.10. The van der Waals surface area contributed by atoms with E-state index in [0.717, 1.165) is 24.2 Å². The second-order valence-electron chi connectivity index (χ2n) is 3.95. The molecule has 0 unspecified atom stereocenters. The molecule has 4 nitrogen and oxygen atoms in total. The van der Waals surface area contributed by atoms with Crippen molar-refractivity contribution in [2.24, 2.45) is 0 Å². The molecule has 0 heterocycles. The molecule has 0 saturated heterocycles. The number of nitrogens with one attached hydrogen (secondary N) is 1. The van der Waals surface area contributed by atoms with Crippen molar-refractivity contribution in [2.75, 3.05) is 26.9 Å². The standard InChI is InChI=1S/C14H21NO3/c1-3-12-7-4-5-8-13(12)18-11-14(16)15-9-6-10-17-2/h4-5,7-8H,3,6,9-11H2,1-2H3,(H,15,16). The van der Waals surface area contributed by atoms with E-state index in [4.69, 9.17) is 9.47 Å². The van der Waals surface area contributed by atoms with Crippen molar-refractivity contribution in [3.8, 4) is 5.75 Å². The molecule has 1 rings (SSSR count). The average molecular weight is 251 g/mol. The van der Waals surface area contributed by atoms with Crippen LogP contribution in [0.25, 0.3) is 0 Å². The Bertz CT molecular complexity index is 366. The minimum absolute atomic E-state index is 0.0595. The van der Waals surface area contributed by atoms with E-state index >= 15 is 0 Å². The van der Waals surface area contributed by atoms with Gasteiger partial charge in [-0.05, 0) is 24.5 Å². The topological polar surface area (TPSA) is 47.6 Å². The van der Waals surface area contributed by atoms with E-state index in [1.54, 1.807) is 7.11 Å². The summed E-state index contributed by atoms with van der Waals surface area (Å²) in [5.41, 5.74) is 1.12. The molecule has 0 saturated carbocycles. The lowest BCUT2D eigenvalue weighted by molar-refractivity contribution is -0.123. The minimum Gasteiger partial charge on any atom is -0.483 e. The van der Waals surface area contributed by atoms with Gasteiger partial charge in [0.1, 0.15) is 5.75 Å². The molecule has 18 heavy (non-hydrogen) atoms. The minimum atomic E-state index is -0.1000. The van der Waals surface area contributed by atoms with E-state index in [-0.39, 0.29) is 12.5 Å². The molecule has 0 aliphatic rings. The van der Waals surface area contributed by atoms with Crippen LogP contribution >= 0.6 is 0 Å². The van der Waals surface area contributed by atoms with Crippen LogP contribution in [0.15, 0.2) is 24.3 Å². The van der Waals surface area contributed by atoms with Crippen molar-refractivity contribution in [3.63, 3.8) is 0 Å². The van der Waals surface area contributed by atoms with Gasteiger partial charge in [-0.15, -0.1) is 0 Å². The molecule has 0 aliphatic carbocycles. The van der Waals surface area contributed by atoms with Crippen LogP contribution in [0.1, 0.15) is 18.9 Å². The number of hydrogen-bond donors (Lipinski definition) is 1. The van der Waals surface area contributed by atoms with E-state index < -0.39 is 0 Å². The van der Waals surface area contributed by atoms with Crippen LogP contribution in [-0.2, 0) is 16.0 Å². The zero-order valence-electron chi connectivity index (χ0n) is 11.1. The van der Waals surface area contributed by atoms with Crippen LogP contribution in [0.2, 0.25) is 0 Å². The Morgan fingerprint density at radius 2 is 2.11 bits per heavy atom. The van der Waals surface area contributed by atoms with Crippen molar-refractivity contribution in [1.82, 2.24) is 5.32 Å². The third-order valence-corrected chi connectivity index (χ3v) is 2.56. The Morgan fingerprint density at radius 3 is 2.83 bits per heavy atom. The van der Waals surface area contributed by atoms with E-state index in [2.05, 4.69) is 12.2 Å². The molecule has 0 bridgehead atoms. The quantitative estimate of drug-likeness (QED) is 0.716. The zero-order valence-corrected chi connectivity index (χ0v) is 11.1. The summed E-state index contributed by atoms with van der Waals surface area (Å²) in [5, 5.41) is 2.78. The van der Waals surface area contributed by atoms with Gasteiger partial charge in [0.05, 0.1) is 0 Å². The molecule has 4 heteroatoms. The van der Waals surface area contributed by atoms with Crippen molar-refractivity contribution in [3.05, 3.63) is 29.8 Å². The number of rotatable bonds is 8. The maximum Gasteiger partial charge on any atom is 0.257 e. The van der Waals surface area contributed by atoms with Gasteiger partial charge in [0, 0.05) is 20.3 Å². The van der Waals surface area contributed by atoms with E-state index in [0.29, 0.717) is 13.2 Å². The highest BCUT2D eigenvalue weighted by atomic mass is 16.5. The second kappa shape index (κ2) is 8.53. The first-order chi connectivity index (χ1) is 8.77. The molecular formula is C14H21NO3. The van der Waals surface area contributed by atoms with Crippen LogP contribution < -0.4 is 10.1 Å². The predicted octanol–water partition coefficient (Wildman–Crippen LogP) is 1.78. The summed E-state index contributed by atoms with van der Waals surface area (Å²) in [7, 11) is 1.65. The molecular weight excluding hydrogens is 230 g/mol. The Hall–Kier alpha value is -1.55. The number of para-hydroxylation sites is 1. The maximum atomic E-state index is 11.5. The average Bonchev–Trinajstić information content (AvgIpc) is 2.41. The Balaban J connectivity index is 2.29. The highest BCUT2D eigenvalue weighted by Crippen LogP contribution is 2.17. The van der Waals surface area contributed by atoms with Crippen molar-refractivity contribution < 1.29 is 14.3 Å². The molecule has 0 radical (unpaired) electrons. The Kier molecular flexibility index (Phi) is 6.87. The fourth-order valence-corrected chi connectivity index (χ4v) is 1.58. The summed E-state index contributed by atoms with van der Waals surface area (Å²) in [6, 6.07) is 7.77. The number of benzene rings is 1. The van der Waals surface area contributed by atoms with Gasteiger partial charge in [0.2, 0.25) is 0 Å². The Labute approximate surface area is 108 Å². The molecule has 0 aromatic heterocycles. The van der Waals surface area contributed by atoms with Gasteiger partial charge >= 0.3 is 0 Å². The third-order valence-electron chi connectivity index (χ3n) is 2.56. The molecule has 0 fully saturated rings.